The highest BCUT2D eigenvalue weighted by Crippen LogP contribution is 2.16. The molecule has 0 saturated carbocycles. The first-order chi connectivity index (χ1) is 8.17. The molecule has 94 valence electrons. The van der Waals surface area contributed by atoms with Crippen molar-refractivity contribution in [1.29, 1.82) is 0 Å². The van der Waals surface area contributed by atoms with Crippen LogP contribution in [-0.4, -0.2) is 37.0 Å². The lowest BCUT2D eigenvalue weighted by Crippen LogP contribution is -2.27. The zero-order valence-electron chi connectivity index (χ0n) is 10.2. The van der Waals surface area contributed by atoms with Gasteiger partial charge in [-0.15, -0.1) is 0 Å². The van der Waals surface area contributed by atoms with Gasteiger partial charge in [-0.25, -0.2) is 0 Å². The Bertz CT molecular complexity index is 353. The monoisotopic (exact) mass is 253 g/mol. The second-order valence-electron chi connectivity index (χ2n) is 3.68. The van der Waals surface area contributed by atoms with Gasteiger partial charge in [0, 0.05) is 31.5 Å². The van der Waals surface area contributed by atoms with E-state index in [9.17, 15) is 0 Å². The van der Waals surface area contributed by atoms with E-state index in [1.807, 2.05) is 43.1 Å². The Labute approximate surface area is 108 Å². The molecule has 1 aromatic carbocycles. The molecule has 0 amide bonds. The third-order valence-corrected chi connectivity index (χ3v) is 2.59. The summed E-state index contributed by atoms with van der Waals surface area (Å²) in [5.74, 6) is 0. The van der Waals surface area contributed by atoms with Crippen LogP contribution in [0.25, 0.3) is 0 Å². The SMILES string of the molecule is CCNC(=S)Nc1ccc(N(C)CCO)cc1. The average molecular weight is 253 g/mol. The Morgan fingerprint density at radius 3 is 2.53 bits per heavy atom. The minimum atomic E-state index is 0.154. The molecule has 0 heterocycles. The molecular formula is C12H19N3OS. The van der Waals surface area contributed by atoms with E-state index in [0.29, 0.717) is 11.7 Å². The van der Waals surface area contributed by atoms with E-state index in [2.05, 4.69) is 10.6 Å². The van der Waals surface area contributed by atoms with E-state index in [1.165, 1.54) is 0 Å². The fraction of sp³-hybridized carbons (Fsp3) is 0.417. The van der Waals surface area contributed by atoms with E-state index in [4.69, 9.17) is 17.3 Å². The molecule has 0 saturated heterocycles. The summed E-state index contributed by atoms with van der Waals surface area (Å²) in [7, 11) is 1.95. The van der Waals surface area contributed by atoms with Crippen molar-refractivity contribution in [3.63, 3.8) is 0 Å². The number of hydrogen-bond donors (Lipinski definition) is 3. The first-order valence-corrected chi connectivity index (χ1v) is 6.05. The molecule has 0 radical (unpaired) electrons. The van der Waals surface area contributed by atoms with E-state index in [0.717, 1.165) is 17.9 Å². The Hall–Kier alpha value is -1.33. The van der Waals surface area contributed by atoms with Crippen LogP contribution in [0.5, 0.6) is 0 Å². The molecule has 1 rings (SSSR count). The predicted molar refractivity (Wildman–Crippen MR) is 76.7 cm³/mol. The molecule has 0 fully saturated rings. The van der Waals surface area contributed by atoms with E-state index < -0.39 is 0 Å². The normalized spacial score (nSPS) is 9.82. The molecule has 0 bridgehead atoms. The minimum absolute atomic E-state index is 0.154. The Morgan fingerprint density at radius 2 is 2.00 bits per heavy atom. The molecule has 0 aliphatic carbocycles. The predicted octanol–water partition coefficient (Wildman–Crippen LogP) is 1.42. The van der Waals surface area contributed by atoms with Gasteiger partial charge in [0.05, 0.1) is 6.61 Å². The second-order valence-corrected chi connectivity index (χ2v) is 4.08. The Balaban J connectivity index is 2.58. The lowest BCUT2D eigenvalue weighted by atomic mass is 10.2. The van der Waals surface area contributed by atoms with Crippen molar-refractivity contribution in [1.82, 2.24) is 5.32 Å². The topological polar surface area (TPSA) is 47.5 Å². The zero-order chi connectivity index (χ0) is 12.7. The van der Waals surface area contributed by atoms with Crippen LogP contribution in [0.2, 0.25) is 0 Å². The lowest BCUT2D eigenvalue weighted by Gasteiger charge is -2.18. The molecule has 0 aromatic heterocycles. The van der Waals surface area contributed by atoms with Gasteiger partial charge >= 0.3 is 0 Å². The van der Waals surface area contributed by atoms with Crippen LogP contribution >= 0.6 is 12.2 Å². The van der Waals surface area contributed by atoms with Gasteiger partial charge in [0.15, 0.2) is 5.11 Å². The second kappa shape index (κ2) is 7.09. The minimum Gasteiger partial charge on any atom is -0.395 e. The van der Waals surface area contributed by atoms with Crippen LogP contribution in [-0.2, 0) is 0 Å². The Morgan fingerprint density at radius 1 is 1.35 bits per heavy atom. The Kier molecular flexibility index (Phi) is 5.72. The first kappa shape index (κ1) is 13.7. The molecule has 17 heavy (non-hydrogen) atoms. The molecule has 5 heteroatoms. The number of aliphatic hydroxyl groups excluding tert-OH is 1. The number of thiocarbonyl (C=S) groups is 1. The largest absolute Gasteiger partial charge is 0.395 e. The molecule has 0 unspecified atom stereocenters. The van der Waals surface area contributed by atoms with Gasteiger partial charge < -0.3 is 20.6 Å². The van der Waals surface area contributed by atoms with Crippen molar-refractivity contribution >= 4 is 28.7 Å². The zero-order valence-corrected chi connectivity index (χ0v) is 11.0. The van der Waals surface area contributed by atoms with Crippen molar-refractivity contribution in [2.75, 3.05) is 37.0 Å². The van der Waals surface area contributed by atoms with Gasteiger partial charge in [-0.1, -0.05) is 0 Å². The number of benzene rings is 1. The van der Waals surface area contributed by atoms with E-state index >= 15 is 0 Å². The van der Waals surface area contributed by atoms with Crippen molar-refractivity contribution in [2.45, 2.75) is 6.92 Å². The molecule has 0 spiro atoms. The summed E-state index contributed by atoms with van der Waals surface area (Å²) in [6, 6.07) is 7.92. The van der Waals surface area contributed by atoms with Crippen LogP contribution < -0.4 is 15.5 Å². The van der Waals surface area contributed by atoms with Crippen LogP contribution in [0.4, 0.5) is 11.4 Å². The summed E-state index contributed by atoms with van der Waals surface area (Å²) in [5.41, 5.74) is 2.02. The first-order valence-electron chi connectivity index (χ1n) is 5.64. The number of hydrogen-bond acceptors (Lipinski definition) is 3. The van der Waals surface area contributed by atoms with Crippen molar-refractivity contribution in [3.05, 3.63) is 24.3 Å². The molecule has 0 atom stereocenters. The van der Waals surface area contributed by atoms with Gasteiger partial charge in [0.2, 0.25) is 0 Å². The van der Waals surface area contributed by atoms with Crippen molar-refractivity contribution in [2.24, 2.45) is 0 Å². The number of nitrogens with one attached hydrogen (secondary N) is 2. The standard InChI is InChI=1S/C12H19N3OS/c1-3-13-12(17)14-10-4-6-11(7-5-10)15(2)8-9-16/h4-7,16H,3,8-9H2,1-2H3,(H2,13,14,17). The summed E-state index contributed by atoms with van der Waals surface area (Å²) in [5, 5.41) is 15.6. The van der Waals surface area contributed by atoms with Crippen LogP contribution in [0, 0.1) is 0 Å². The quantitative estimate of drug-likeness (QED) is 0.693. The van der Waals surface area contributed by atoms with Crippen molar-refractivity contribution in [3.8, 4) is 0 Å². The number of aliphatic hydroxyl groups is 1. The summed E-state index contributed by atoms with van der Waals surface area (Å²) in [6.45, 7) is 3.59. The van der Waals surface area contributed by atoms with Crippen molar-refractivity contribution < 1.29 is 5.11 Å². The molecule has 1 aromatic rings. The van der Waals surface area contributed by atoms with Gasteiger partial charge in [-0.05, 0) is 43.4 Å². The number of anilines is 2. The average Bonchev–Trinajstić information content (AvgIpc) is 2.30. The van der Waals surface area contributed by atoms with Crippen LogP contribution in [0.3, 0.4) is 0 Å². The van der Waals surface area contributed by atoms with E-state index in [1.54, 1.807) is 0 Å². The maximum Gasteiger partial charge on any atom is 0.170 e. The van der Waals surface area contributed by atoms with Crippen LogP contribution in [0.1, 0.15) is 6.92 Å². The smallest absolute Gasteiger partial charge is 0.170 e. The fourth-order valence-corrected chi connectivity index (χ4v) is 1.68. The fourth-order valence-electron chi connectivity index (χ4n) is 1.41. The third-order valence-electron chi connectivity index (χ3n) is 2.34. The van der Waals surface area contributed by atoms with Gasteiger partial charge in [0.1, 0.15) is 0 Å². The summed E-state index contributed by atoms with van der Waals surface area (Å²) < 4.78 is 0. The summed E-state index contributed by atoms with van der Waals surface area (Å²) in [6.07, 6.45) is 0. The molecule has 0 aliphatic rings. The van der Waals surface area contributed by atoms with Crippen LogP contribution in [0.15, 0.2) is 24.3 Å². The van der Waals surface area contributed by atoms with Gasteiger partial charge in [-0.2, -0.15) is 0 Å². The third kappa shape index (κ3) is 4.58. The lowest BCUT2D eigenvalue weighted by molar-refractivity contribution is 0.304. The number of rotatable bonds is 5. The molecule has 3 N–H and O–H groups in total. The highest BCUT2D eigenvalue weighted by molar-refractivity contribution is 7.80. The number of nitrogens with zero attached hydrogens (tertiary/aromatic N) is 1. The molecule has 4 nitrogen and oxygen atoms in total. The highest BCUT2D eigenvalue weighted by atomic mass is 32.1. The number of likely N-dealkylation sites (N-methyl/N-ethyl adjacent to an activating group) is 1. The molecular weight excluding hydrogens is 234 g/mol. The van der Waals surface area contributed by atoms with Gasteiger partial charge in [0.25, 0.3) is 0 Å². The summed E-state index contributed by atoms with van der Waals surface area (Å²) >= 11 is 5.10. The van der Waals surface area contributed by atoms with Gasteiger partial charge in [-0.3, -0.25) is 0 Å². The maximum absolute atomic E-state index is 8.85. The maximum atomic E-state index is 8.85. The van der Waals surface area contributed by atoms with E-state index in [-0.39, 0.29) is 6.61 Å². The highest BCUT2D eigenvalue weighted by Gasteiger charge is 2.00. The summed E-state index contributed by atoms with van der Waals surface area (Å²) in [4.78, 5) is 1.99. The molecule has 0 aliphatic heterocycles.